The highest BCUT2D eigenvalue weighted by Crippen LogP contribution is 2.56. The number of anilines is 3. The van der Waals surface area contributed by atoms with Gasteiger partial charge in [-0.05, 0) is 61.7 Å². The van der Waals surface area contributed by atoms with E-state index in [1.165, 1.54) is 0 Å². The third kappa shape index (κ3) is 4.51. The van der Waals surface area contributed by atoms with Crippen LogP contribution in [0.2, 0.25) is 0 Å². The van der Waals surface area contributed by atoms with Crippen LogP contribution in [0.1, 0.15) is 72.1 Å². The number of para-hydroxylation sites is 1. The molecular formula is C35H35FN2O3. The molecule has 41 heavy (non-hydrogen) atoms. The van der Waals surface area contributed by atoms with Gasteiger partial charge in [-0.15, -0.1) is 0 Å². The third-order valence-corrected chi connectivity index (χ3v) is 8.12. The maximum Gasteiger partial charge on any atom is 0.340 e. The summed E-state index contributed by atoms with van der Waals surface area (Å²) in [5, 5.41) is 3.37. The highest BCUT2D eigenvalue weighted by Gasteiger charge is 2.53. The molecule has 4 aromatic carbocycles. The minimum Gasteiger partial charge on any atom is -0.456 e. The zero-order valence-corrected chi connectivity index (χ0v) is 23.8. The van der Waals surface area contributed by atoms with Crippen LogP contribution < -0.4 is 15.0 Å². The van der Waals surface area contributed by atoms with Crippen LogP contribution >= 0.6 is 0 Å². The van der Waals surface area contributed by atoms with Gasteiger partial charge in [0.1, 0.15) is 11.5 Å². The van der Waals surface area contributed by atoms with Crippen molar-refractivity contribution in [3.63, 3.8) is 0 Å². The number of hydrogen-bond donors (Lipinski definition) is 1. The predicted octanol–water partition coefficient (Wildman–Crippen LogP) is 8.85. The fourth-order valence-corrected chi connectivity index (χ4v) is 5.95. The molecule has 1 atom stereocenters. The van der Waals surface area contributed by atoms with Gasteiger partial charge in [0.2, 0.25) is 0 Å². The van der Waals surface area contributed by atoms with E-state index in [-0.39, 0.29) is 11.8 Å². The molecule has 6 heteroatoms. The molecule has 2 aliphatic rings. The summed E-state index contributed by atoms with van der Waals surface area (Å²) < 4.78 is 28.8. The summed E-state index contributed by atoms with van der Waals surface area (Å²) in [7, 11) is 0. The highest BCUT2D eigenvalue weighted by atomic mass is 19.1. The number of esters is 1. The van der Waals surface area contributed by atoms with Gasteiger partial charge in [-0.1, -0.05) is 69.2 Å². The second kappa shape index (κ2) is 10.9. The van der Waals surface area contributed by atoms with Gasteiger partial charge >= 0.3 is 5.97 Å². The Labute approximate surface area is 240 Å². The first-order chi connectivity index (χ1) is 20.0. The van der Waals surface area contributed by atoms with Crippen LogP contribution in [0.3, 0.4) is 0 Å². The van der Waals surface area contributed by atoms with Crippen molar-refractivity contribution in [2.75, 3.05) is 23.3 Å². The monoisotopic (exact) mass is 550 g/mol. The molecule has 210 valence electrons. The summed E-state index contributed by atoms with van der Waals surface area (Å²) in [6.45, 7) is 7.85. The molecule has 6 rings (SSSR count). The number of rotatable bonds is 9. The molecule has 0 fully saturated rings. The van der Waals surface area contributed by atoms with Gasteiger partial charge in [0.25, 0.3) is 0 Å². The van der Waals surface area contributed by atoms with Crippen molar-refractivity contribution in [2.24, 2.45) is 0 Å². The Kier molecular flexibility index (Phi) is 7.16. The maximum absolute atomic E-state index is 16.2. The number of aryl methyl sites for hydroxylation is 1. The normalized spacial score (nSPS) is 16.4. The van der Waals surface area contributed by atoms with Crippen LogP contribution in [0.25, 0.3) is 0 Å². The molecule has 0 radical (unpaired) electrons. The standard InChI is InChI=1S/C35H35FN2O3/c1-4-6-20-38(21-7-5-2)29-18-16-23(3)33(32(29)36)37-24-17-19-31-28(22-24)35(27-14-10-11-15-30(27)40-31)26-13-9-8-12-25(26)34(39)41-35/h8-19,22,37H,4-7,20-21H2,1-3H3. The van der Waals surface area contributed by atoms with E-state index in [0.29, 0.717) is 39.7 Å². The number of halogens is 1. The fourth-order valence-electron chi connectivity index (χ4n) is 5.95. The first kappa shape index (κ1) is 26.9. The Bertz CT molecular complexity index is 1610. The van der Waals surface area contributed by atoms with Gasteiger partial charge in [-0.25, -0.2) is 9.18 Å². The van der Waals surface area contributed by atoms with Crippen molar-refractivity contribution < 1.29 is 18.7 Å². The van der Waals surface area contributed by atoms with Crippen molar-refractivity contribution >= 4 is 23.0 Å². The Morgan fingerprint density at radius 1 is 0.829 bits per heavy atom. The Hall–Kier alpha value is -4.32. The molecule has 0 saturated heterocycles. The van der Waals surface area contributed by atoms with Crippen LogP contribution in [0.15, 0.2) is 78.9 Å². The van der Waals surface area contributed by atoms with E-state index >= 15 is 4.39 Å². The number of fused-ring (bicyclic) bond motifs is 6. The molecule has 0 aromatic heterocycles. The number of ether oxygens (including phenoxy) is 2. The van der Waals surface area contributed by atoms with Gasteiger partial charge in [-0.3, -0.25) is 0 Å². The third-order valence-electron chi connectivity index (χ3n) is 8.12. The van der Waals surface area contributed by atoms with Gasteiger partial charge < -0.3 is 19.7 Å². The van der Waals surface area contributed by atoms with Crippen LogP contribution in [0, 0.1) is 12.7 Å². The van der Waals surface area contributed by atoms with E-state index in [1.54, 1.807) is 6.07 Å². The number of nitrogens with one attached hydrogen (secondary N) is 1. The van der Waals surface area contributed by atoms with E-state index in [0.717, 1.165) is 55.5 Å². The van der Waals surface area contributed by atoms with Crippen molar-refractivity contribution in [3.8, 4) is 11.5 Å². The number of carbonyl (C=O) groups excluding carboxylic acids is 1. The minimum atomic E-state index is -1.16. The quantitative estimate of drug-likeness (QED) is 0.211. The maximum atomic E-state index is 16.2. The summed E-state index contributed by atoms with van der Waals surface area (Å²) in [4.78, 5) is 15.3. The van der Waals surface area contributed by atoms with E-state index in [4.69, 9.17) is 9.47 Å². The zero-order chi connectivity index (χ0) is 28.6. The number of nitrogens with zero attached hydrogens (tertiary/aromatic N) is 1. The average Bonchev–Trinajstić information content (AvgIpc) is 3.29. The SMILES string of the molecule is CCCCN(CCCC)c1ccc(C)c(Nc2ccc3c(c2)C2(OC(=O)c4ccccc42)c2ccccc2O3)c1F. The van der Waals surface area contributed by atoms with Crippen molar-refractivity contribution in [1.29, 1.82) is 0 Å². The summed E-state index contributed by atoms with van der Waals surface area (Å²) in [6.07, 6.45) is 4.12. The lowest BCUT2D eigenvalue weighted by molar-refractivity contribution is 0.0224. The Morgan fingerprint density at radius 2 is 1.51 bits per heavy atom. The van der Waals surface area contributed by atoms with Crippen LogP contribution in [-0.4, -0.2) is 19.1 Å². The molecule has 1 spiro atoms. The van der Waals surface area contributed by atoms with Crippen LogP contribution in [0.4, 0.5) is 21.5 Å². The number of carbonyl (C=O) groups is 1. The van der Waals surface area contributed by atoms with Gasteiger partial charge in [0.05, 0.1) is 16.9 Å². The summed E-state index contributed by atoms with van der Waals surface area (Å²) in [5.41, 5.74) is 4.13. The molecule has 2 aliphatic heterocycles. The summed E-state index contributed by atoms with van der Waals surface area (Å²) in [6, 6.07) is 24.6. The Balaban J connectivity index is 1.44. The molecule has 4 aromatic rings. The van der Waals surface area contributed by atoms with Gasteiger partial charge in [-0.2, -0.15) is 0 Å². The lowest BCUT2D eigenvalue weighted by Gasteiger charge is -2.36. The second-order valence-corrected chi connectivity index (χ2v) is 10.8. The van der Waals surface area contributed by atoms with Crippen LogP contribution in [-0.2, 0) is 10.3 Å². The topological polar surface area (TPSA) is 50.8 Å². The van der Waals surface area contributed by atoms with Gasteiger partial charge in [0, 0.05) is 35.5 Å². The van der Waals surface area contributed by atoms with Gasteiger partial charge in [0.15, 0.2) is 11.4 Å². The lowest BCUT2D eigenvalue weighted by atomic mass is 9.77. The van der Waals surface area contributed by atoms with E-state index in [9.17, 15) is 4.79 Å². The lowest BCUT2D eigenvalue weighted by Crippen LogP contribution is -2.33. The summed E-state index contributed by atoms with van der Waals surface area (Å²) in [5.74, 6) is 0.591. The van der Waals surface area contributed by atoms with Crippen molar-refractivity contribution in [3.05, 3.63) is 112 Å². The van der Waals surface area contributed by atoms with Crippen LogP contribution in [0.5, 0.6) is 11.5 Å². The molecule has 1 unspecified atom stereocenters. The number of hydrogen-bond acceptors (Lipinski definition) is 5. The summed E-state index contributed by atoms with van der Waals surface area (Å²) >= 11 is 0. The van der Waals surface area contributed by atoms with E-state index < -0.39 is 5.60 Å². The zero-order valence-electron chi connectivity index (χ0n) is 23.8. The molecule has 5 nitrogen and oxygen atoms in total. The van der Waals surface area contributed by atoms with E-state index in [2.05, 4.69) is 24.1 Å². The second-order valence-electron chi connectivity index (χ2n) is 10.8. The fraction of sp³-hybridized carbons (Fsp3) is 0.286. The Morgan fingerprint density at radius 3 is 2.27 bits per heavy atom. The number of unbranched alkanes of at least 4 members (excludes halogenated alkanes) is 2. The number of benzene rings is 4. The predicted molar refractivity (Wildman–Crippen MR) is 161 cm³/mol. The minimum absolute atomic E-state index is 0.260. The molecule has 1 N–H and O–H groups in total. The van der Waals surface area contributed by atoms with E-state index in [1.807, 2.05) is 79.7 Å². The molecule has 0 saturated carbocycles. The smallest absolute Gasteiger partial charge is 0.340 e. The largest absolute Gasteiger partial charge is 0.456 e. The molecule has 0 aliphatic carbocycles. The van der Waals surface area contributed by atoms with Crippen molar-refractivity contribution in [1.82, 2.24) is 0 Å². The average molecular weight is 551 g/mol. The molecule has 0 amide bonds. The highest BCUT2D eigenvalue weighted by molar-refractivity contribution is 5.97. The molecule has 2 heterocycles. The first-order valence-corrected chi connectivity index (χ1v) is 14.5. The first-order valence-electron chi connectivity index (χ1n) is 14.5. The van der Waals surface area contributed by atoms with Crippen molar-refractivity contribution in [2.45, 2.75) is 52.1 Å². The molecular weight excluding hydrogens is 515 g/mol. The molecule has 0 bridgehead atoms.